The fraction of sp³-hybridized carbons (Fsp3) is 0.364. The van der Waals surface area contributed by atoms with E-state index in [1.54, 1.807) is 19.1 Å². The Bertz CT molecular complexity index is 1380. The summed E-state index contributed by atoms with van der Waals surface area (Å²) in [5, 5.41) is 2.89. The van der Waals surface area contributed by atoms with Crippen molar-refractivity contribution in [1.29, 1.82) is 0 Å². The normalized spacial score (nSPS) is 19.0. The molecule has 1 amide bonds. The van der Waals surface area contributed by atoms with Gasteiger partial charge in [-0.15, -0.1) is 0 Å². The molecule has 1 saturated heterocycles. The molecule has 1 fully saturated rings. The number of carbonyl (C=O) groups excluding carboxylic acids is 2. The summed E-state index contributed by atoms with van der Waals surface area (Å²) in [7, 11) is 4.55. The molecular formula is C33H38N4O6. The second-order valence-corrected chi connectivity index (χ2v) is 10.3. The van der Waals surface area contributed by atoms with Gasteiger partial charge in [-0.25, -0.2) is 4.99 Å². The van der Waals surface area contributed by atoms with Crippen LogP contribution in [0.5, 0.6) is 17.2 Å². The maximum atomic E-state index is 13.5. The van der Waals surface area contributed by atoms with Crippen LogP contribution in [0.15, 0.2) is 77.8 Å². The lowest BCUT2D eigenvalue weighted by Gasteiger charge is -2.42. The Balaban J connectivity index is 1.44. The number of nitrogens with one attached hydrogen (secondary N) is 1. The molecule has 10 nitrogen and oxygen atoms in total. The third-order valence-electron chi connectivity index (χ3n) is 7.87. The molecule has 2 aliphatic heterocycles. The Morgan fingerprint density at radius 2 is 1.44 bits per heavy atom. The molecule has 0 aliphatic carbocycles. The van der Waals surface area contributed by atoms with Gasteiger partial charge in [-0.3, -0.25) is 19.8 Å². The molecule has 2 heterocycles. The summed E-state index contributed by atoms with van der Waals surface area (Å²) in [5.41, 5.74) is 3.03. The van der Waals surface area contributed by atoms with Crippen molar-refractivity contribution in [3.63, 3.8) is 0 Å². The number of guanidine groups is 1. The van der Waals surface area contributed by atoms with Gasteiger partial charge in [0, 0.05) is 26.2 Å². The predicted molar refractivity (Wildman–Crippen MR) is 162 cm³/mol. The smallest absolute Gasteiger partial charge is 0.321 e. The zero-order chi connectivity index (χ0) is 30.3. The highest BCUT2D eigenvalue weighted by molar-refractivity contribution is 6.08. The molecule has 5 rings (SSSR count). The molecule has 1 N–H and O–H groups in total. The topological polar surface area (TPSA) is 102 Å². The van der Waals surface area contributed by atoms with Crippen molar-refractivity contribution in [2.75, 3.05) is 54.1 Å². The van der Waals surface area contributed by atoms with Crippen LogP contribution in [0.3, 0.4) is 0 Å². The molecule has 0 unspecified atom stereocenters. The van der Waals surface area contributed by atoms with Gasteiger partial charge in [0.05, 0.1) is 34.0 Å². The third kappa shape index (κ3) is 6.29. The van der Waals surface area contributed by atoms with E-state index in [4.69, 9.17) is 23.9 Å². The fourth-order valence-corrected chi connectivity index (χ4v) is 5.81. The van der Waals surface area contributed by atoms with Crippen molar-refractivity contribution < 1.29 is 28.5 Å². The minimum atomic E-state index is -1.17. The highest BCUT2D eigenvalue weighted by Gasteiger charge is 2.43. The SMILES string of the molecule is CCOC(=O)[C@H]1C(=O)NC(N2CCN(C(c3ccccc3)c3ccccc3)CC2)=N[C@@H]1c1cc(OC)c(OC)c(OC)c1. The van der Waals surface area contributed by atoms with Gasteiger partial charge in [0.15, 0.2) is 17.4 Å². The Labute approximate surface area is 252 Å². The van der Waals surface area contributed by atoms with Crippen molar-refractivity contribution in [1.82, 2.24) is 15.1 Å². The molecule has 226 valence electrons. The molecular weight excluding hydrogens is 548 g/mol. The number of methoxy groups -OCH3 is 3. The highest BCUT2D eigenvalue weighted by atomic mass is 16.5. The Morgan fingerprint density at radius 3 is 1.93 bits per heavy atom. The first-order chi connectivity index (χ1) is 21.0. The van der Waals surface area contributed by atoms with Crippen LogP contribution in [0.25, 0.3) is 0 Å². The van der Waals surface area contributed by atoms with Crippen LogP contribution in [0, 0.1) is 5.92 Å². The second-order valence-electron chi connectivity index (χ2n) is 10.3. The number of rotatable bonds is 9. The van der Waals surface area contributed by atoms with Crippen LogP contribution in [0.4, 0.5) is 0 Å². The molecule has 0 bridgehead atoms. The second kappa shape index (κ2) is 13.6. The summed E-state index contributed by atoms with van der Waals surface area (Å²) in [6, 6.07) is 23.7. The summed E-state index contributed by atoms with van der Waals surface area (Å²) < 4.78 is 21.9. The monoisotopic (exact) mass is 586 g/mol. The van der Waals surface area contributed by atoms with Crippen molar-refractivity contribution >= 4 is 17.8 Å². The lowest BCUT2D eigenvalue weighted by Crippen LogP contribution is -2.57. The van der Waals surface area contributed by atoms with Gasteiger partial charge in [0.1, 0.15) is 6.04 Å². The summed E-state index contributed by atoms with van der Waals surface area (Å²) in [6.45, 7) is 4.63. The lowest BCUT2D eigenvalue weighted by molar-refractivity contribution is -0.153. The average molecular weight is 587 g/mol. The molecule has 3 aromatic rings. The predicted octanol–water partition coefficient (Wildman–Crippen LogP) is 3.83. The van der Waals surface area contributed by atoms with E-state index in [0.717, 1.165) is 13.1 Å². The summed E-state index contributed by atoms with van der Waals surface area (Å²) in [5.74, 6) is -0.620. The zero-order valence-electron chi connectivity index (χ0n) is 25.0. The Morgan fingerprint density at radius 1 is 0.884 bits per heavy atom. The van der Waals surface area contributed by atoms with Gasteiger partial charge in [0.25, 0.3) is 0 Å². The van der Waals surface area contributed by atoms with Crippen LogP contribution in [0.2, 0.25) is 0 Å². The quantitative estimate of drug-likeness (QED) is 0.298. The summed E-state index contributed by atoms with van der Waals surface area (Å²) >= 11 is 0. The minimum Gasteiger partial charge on any atom is -0.493 e. The molecule has 0 spiro atoms. The molecule has 0 radical (unpaired) electrons. The number of hydrogen-bond acceptors (Lipinski definition) is 9. The van der Waals surface area contributed by atoms with Gasteiger partial charge < -0.3 is 23.8 Å². The first-order valence-electron chi connectivity index (χ1n) is 14.4. The standard InChI is InChI=1S/C33H38N4O6/c1-5-43-32(39)27-28(24-20-25(40-2)30(42-4)26(21-24)41-3)34-33(35-31(27)38)37-18-16-36(17-19-37)29(22-12-8-6-9-13-22)23-14-10-7-11-15-23/h6-15,20-21,27-29H,5,16-19H2,1-4H3,(H,34,35,38)/t27-,28-/m1/s1. The number of ether oxygens (including phenoxy) is 4. The molecule has 43 heavy (non-hydrogen) atoms. The van der Waals surface area contributed by atoms with E-state index >= 15 is 0 Å². The first kappa shape index (κ1) is 29.9. The van der Waals surface area contributed by atoms with Crippen LogP contribution < -0.4 is 19.5 Å². The molecule has 10 heteroatoms. The number of benzene rings is 3. The highest BCUT2D eigenvalue weighted by Crippen LogP contribution is 2.43. The van der Waals surface area contributed by atoms with Gasteiger partial charge in [-0.2, -0.15) is 0 Å². The maximum absolute atomic E-state index is 13.5. The van der Waals surface area contributed by atoms with E-state index in [1.807, 2.05) is 12.1 Å². The lowest BCUT2D eigenvalue weighted by atomic mass is 9.90. The van der Waals surface area contributed by atoms with Gasteiger partial charge >= 0.3 is 5.97 Å². The largest absolute Gasteiger partial charge is 0.493 e. The number of nitrogens with zero attached hydrogens (tertiary/aromatic N) is 3. The molecule has 3 aromatic carbocycles. The van der Waals surface area contributed by atoms with E-state index in [9.17, 15) is 9.59 Å². The number of carbonyl (C=O) groups is 2. The zero-order valence-corrected chi connectivity index (χ0v) is 25.0. The van der Waals surface area contributed by atoms with Crippen LogP contribution in [-0.4, -0.2) is 81.8 Å². The van der Waals surface area contributed by atoms with E-state index < -0.39 is 23.8 Å². The van der Waals surface area contributed by atoms with Gasteiger partial charge in [0.2, 0.25) is 17.6 Å². The van der Waals surface area contributed by atoms with Crippen molar-refractivity contribution in [3.8, 4) is 17.2 Å². The molecule has 2 atom stereocenters. The average Bonchev–Trinajstić information content (AvgIpc) is 3.05. The first-order valence-corrected chi connectivity index (χ1v) is 14.4. The number of piperazine rings is 1. The van der Waals surface area contributed by atoms with Crippen LogP contribution >= 0.6 is 0 Å². The Hall–Kier alpha value is -4.57. The van der Waals surface area contributed by atoms with E-state index in [-0.39, 0.29) is 12.6 Å². The summed E-state index contributed by atoms with van der Waals surface area (Å²) in [4.78, 5) is 36.0. The molecule has 2 aliphatic rings. The van der Waals surface area contributed by atoms with Crippen LogP contribution in [0.1, 0.15) is 35.7 Å². The van der Waals surface area contributed by atoms with E-state index in [1.165, 1.54) is 32.5 Å². The van der Waals surface area contributed by atoms with Gasteiger partial charge in [-0.1, -0.05) is 60.7 Å². The van der Waals surface area contributed by atoms with Gasteiger partial charge in [-0.05, 0) is 35.7 Å². The molecule has 0 aromatic heterocycles. The van der Waals surface area contributed by atoms with E-state index in [0.29, 0.717) is 41.9 Å². The maximum Gasteiger partial charge on any atom is 0.321 e. The summed E-state index contributed by atoms with van der Waals surface area (Å²) in [6.07, 6.45) is 0. The van der Waals surface area contributed by atoms with Crippen molar-refractivity contribution in [2.45, 2.75) is 19.0 Å². The third-order valence-corrected chi connectivity index (χ3v) is 7.87. The minimum absolute atomic E-state index is 0.104. The molecule has 0 saturated carbocycles. The number of hydrogen-bond donors (Lipinski definition) is 1. The van der Waals surface area contributed by atoms with Crippen LogP contribution in [-0.2, 0) is 14.3 Å². The van der Waals surface area contributed by atoms with Crippen molar-refractivity contribution in [2.24, 2.45) is 10.9 Å². The number of amides is 1. The number of esters is 1. The van der Waals surface area contributed by atoms with Crippen molar-refractivity contribution in [3.05, 3.63) is 89.5 Å². The Kier molecular flexibility index (Phi) is 9.46. The fourth-order valence-electron chi connectivity index (χ4n) is 5.81. The number of aliphatic imine (C=N–C) groups is 1. The van der Waals surface area contributed by atoms with E-state index in [2.05, 4.69) is 63.6 Å².